The van der Waals surface area contributed by atoms with Gasteiger partial charge in [0.25, 0.3) is 0 Å². The Balaban J connectivity index is 0.00000242. The summed E-state index contributed by atoms with van der Waals surface area (Å²) in [5.74, 6) is -2.07. The zero-order valence-corrected chi connectivity index (χ0v) is 12.6. The van der Waals surface area contributed by atoms with Crippen molar-refractivity contribution in [2.45, 2.75) is 19.0 Å². The molecular weight excluding hydrogens is 327 g/mol. The first-order valence-electron chi connectivity index (χ1n) is 6.38. The van der Waals surface area contributed by atoms with Gasteiger partial charge in [0.15, 0.2) is 0 Å². The van der Waals surface area contributed by atoms with E-state index in [1.54, 1.807) is 5.10 Å². The molecule has 126 valence electrons. The van der Waals surface area contributed by atoms with Crippen LogP contribution in [0.15, 0.2) is 0 Å². The lowest BCUT2D eigenvalue weighted by atomic mass is 9.79. The fourth-order valence-corrected chi connectivity index (χ4v) is 2.30. The van der Waals surface area contributed by atoms with E-state index < -0.39 is 23.3 Å². The highest BCUT2D eigenvalue weighted by Crippen LogP contribution is 2.31. The highest BCUT2D eigenvalue weighted by atomic mass is 35.5. The van der Waals surface area contributed by atoms with E-state index in [1.165, 1.54) is 7.11 Å². The highest BCUT2D eigenvalue weighted by molar-refractivity contribution is 5.94. The van der Waals surface area contributed by atoms with Crippen LogP contribution in [0.25, 0.3) is 0 Å². The summed E-state index contributed by atoms with van der Waals surface area (Å²) in [6.45, 7) is 1.47. The van der Waals surface area contributed by atoms with Crippen molar-refractivity contribution in [1.82, 2.24) is 20.5 Å². The topological polar surface area (TPSA) is 91.9 Å². The molecule has 11 heteroatoms. The average Bonchev–Trinajstić information content (AvgIpc) is 2.88. The number of piperidine rings is 1. The molecule has 0 aromatic carbocycles. The van der Waals surface area contributed by atoms with E-state index in [1.807, 2.05) is 0 Å². The molecule has 0 saturated carbocycles. The Hall–Kier alpha value is -1.39. The Morgan fingerprint density at radius 3 is 2.55 bits per heavy atom. The fraction of sp³-hybridized carbons (Fsp3) is 0.727. The van der Waals surface area contributed by atoms with Gasteiger partial charge in [0.2, 0.25) is 17.7 Å². The summed E-state index contributed by atoms with van der Waals surface area (Å²) >= 11 is 0. The number of hydrogen-bond acceptors (Lipinski definition) is 5. The van der Waals surface area contributed by atoms with Crippen molar-refractivity contribution in [2.75, 3.05) is 32.1 Å². The molecule has 0 unspecified atom stereocenters. The molecule has 7 nitrogen and oxygen atoms in total. The maximum atomic E-state index is 12.4. The second kappa shape index (κ2) is 7.25. The number of carbonyl (C=O) groups excluding carboxylic acids is 1. The van der Waals surface area contributed by atoms with Crippen LogP contribution in [-0.2, 0) is 15.7 Å². The largest absolute Gasteiger partial charge is 0.451 e. The van der Waals surface area contributed by atoms with Gasteiger partial charge in [-0.15, -0.1) is 17.5 Å². The molecule has 1 aliphatic rings. The number of anilines is 1. The third-order valence-electron chi connectivity index (χ3n) is 3.44. The number of aromatic nitrogens is 3. The van der Waals surface area contributed by atoms with Crippen molar-refractivity contribution in [3.8, 4) is 0 Å². The van der Waals surface area contributed by atoms with Gasteiger partial charge in [0.1, 0.15) is 0 Å². The highest BCUT2D eigenvalue weighted by Gasteiger charge is 2.41. The van der Waals surface area contributed by atoms with E-state index in [9.17, 15) is 18.0 Å². The average molecular weight is 344 g/mol. The molecule has 3 N–H and O–H groups in total. The maximum absolute atomic E-state index is 12.4. The van der Waals surface area contributed by atoms with Gasteiger partial charge in [0.05, 0.1) is 12.0 Å². The molecule has 1 aromatic heterocycles. The van der Waals surface area contributed by atoms with Crippen LogP contribution in [0.4, 0.5) is 19.1 Å². The van der Waals surface area contributed by atoms with E-state index in [2.05, 4.69) is 20.7 Å². The zero-order chi connectivity index (χ0) is 15.5. The first-order chi connectivity index (χ1) is 9.87. The van der Waals surface area contributed by atoms with Crippen molar-refractivity contribution in [3.63, 3.8) is 0 Å². The first kappa shape index (κ1) is 18.7. The molecule has 0 atom stereocenters. The van der Waals surface area contributed by atoms with Crippen molar-refractivity contribution in [1.29, 1.82) is 0 Å². The SMILES string of the molecule is COCC1(C(=O)Nc2n[nH]c(C(F)(F)F)n2)CCNCC1.Cl. The molecular formula is C11H17ClF3N5O2. The first-order valence-corrected chi connectivity index (χ1v) is 6.38. The Morgan fingerprint density at radius 1 is 1.41 bits per heavy atom. The van der Waals surface area contributed by atoms with Crippen LogP contribution in [0.1, 0.15) is 18.7 Å². The zero-order valence-electron chi connectivity index (χ0n) is 11.8. The molecule has 1 saturated heterocycles. The third kappa shape index (κ3) is 4.08. The van der Waals surface area contributed by atoms with Crippen LogP contribution in [0, 0.1) is 5.41 Å². The number of aromatic amines is 1. The molecule has 22 heavy (non-hydrogen) atoms. The predicted molar refractivity (Wildman–Crippen MR) is 73.7 cm³/mol. The Labute approximate surface area is 130 Å². The number of methoxy groups -OCH3 is 1. The summed E-state index contributed by atoms with van der Waals surface area (Å²) < 4.78 is 42.3. The van der Waals surface area contributed by atoms with E-state index in [0.29, 0.717) is 25.9 Å². The minimum absolute atomic E-state index is 0. The summed E-state index contributed by atoms with van der Waals surface area (Å²) in [5.41, 5.74) is -0.779. The van der Waals surface area contributed by atoms with Crippen LogP contribution in [0.3, 0.4) is 0 Å². The van der Waals surface area contributed by atoms with Gasteiger partial charge in [-0.05, 0) is 25.9 Å². The summed E-state index contributed by atoms with van der Waals surface area (Å²) in [7, 11) is 1.48. The van der Waals surface area contributed by atoms with Crippen LogP contribution in [0.5, 0.6) is 0 Å². The number of amides is 1. The lowest BCUT2D eigenvalue weighted by Gasteiger charge is -2.35. The number of halogens is 4. The number of H-pyrrole nitrogens is 1. The lowest BCUT2D eigenvalue weighted by molar-refractivity contribution is -0.144. The molecule has 0 aliphatic carbocycles. The van der Waals surface area contributed by atoms with Gasteiger partial charge in [-0.1, -0.05) is 0 Å². The second-order valence-corrected chi connectivity index (χ2v) is 4.92. The minimum Gasteiger partial charge on any atom is -0.384 e. The van der Waals surface area contributed by atoms with Gasteiger partial charge in [-0.25, -0.2) is 0 Å². The van der Waals surface area contributed by atoms with Gasteiger partial charge < -0.3 is 10.1 Å². The van der Waals surface area contributed by atoms with E-state index in [4.69, 9.17) is 4.74 Å². The minimum atomic E-state index is -4.63. The van der Waals surface area contributed by atoms with Crippen molar-refractivity contribution < 1.29 is 22.7 Å². The van der Waals surface area contributed by atoms with Crippen LogP contribution in [0.2, 0.25) is 0 Å². The smallest absolute Gasteiger partial charge is 0.384 e. The number of nitrogens with zero attached hydrogens (tertiary/aromatic N) is 2. The number of rotatable bonds is 4. The Morgan fingerprint density at radius 2 is 2.05 bits per heavy atom. The molecule has 1 aromatic rings. The molecule has 2 rings (SSSR count). The quantitative estimate of drug-likeness (QED) is 0.764. The maximum Gasteiger partial charge on any atom is 0.451 e. The molecule has 1 aliphatic heterocycles. The monoisotopic (exact) mass is 343 g/mol. The molecule has 0 spiro atoms. The van der Waals surface area contributed by atoms with Gasteiger partial charge in [0, 0.05) is 7.11 Å². The molecule has 1 fully saturated rings. The number of carbonyl (C=O) groups is 1. The summed E-state index contributed by atoms with van der Waals surface area (Å²) in [4.78, 5) is 15.6. The standard InChI is InChI=1S/C11H16F3N5O2.ClH/c1-21-6-10(2-4-15-5-3-10)8(20)17-9-16-7(18-19-9)11(12,13)14;/h15H,2-6H2,1H3,(H2,16,17,18,19,20);1H. The van der Waals surface area contributed by atoms with Gasteiger partial charge in [-0.3, -0.25) is 15.2 Å². The van der Waals surface area contributed by atoms with Crippen molar-refractivity contribution in [2.24, 2.45) is 5.41 Å². The van der Waals surface area contributed by atoms with E-state index in [0.717, 1.165) is 0 Å². The number of nitrogens with one attached hydrogen (secondary N) is 3. The van der Waals surface area contributed by atoms with Gasteiger partial charge in [-0.2, -0.15) is 18.2 Å². The van der Waals surface area contributed by atoms with Crippen LogP contribution in [-0.4, -0.2) is 47.9 Å². The normalized spacial score (nSPS) is 17.6. The van der Waals surface area contributed by atoms with Crippen LogP contribution < -0.4 is 10.6 Å². The number of hydrogen-bond donors (Lipinski definition) is 3. The van der Waals surface area contributed by atoms with Crippen molar-refractivity contribution in [3.05, 3.63) is 5.82 Å². The summed E-state index contributed by atoms with van der Waals surface area (Å²) in [5, 5.41) is 10.6. The molecule has 0 bridgehead atoms. The molecule has 1 amide bonds. The van der Waals surface area contributed by atoms with E-state index >= 15 is 0 Å². The lowest BCUT2D eigenvalue weighted by Crippen LogP contribution is -2.47. The Bertz CT molecular complexity index is 497. The molecule has 2 heterocycles. The predicted octanol–water partition coefficient (Wildman–Crippen LogP) is 1.20. The Kier molecular flexibility index (Phi) is 6.15. The van der Waals surface area contributed by atoms with Crippen LogP contribution >= 0.6 is 12.4 Å². The number of alkyl halides is 3. The molecule has 0 radical (unpaired) electrons. The third-order valence-corrected chi connectivity index (χ3v) is 3.44. The fourth-order valence-electron chi connectivity index (χ4n) is 2.30. The summed E-state index contributed by atoms with van der Waals surface area (Å²) in [6.07, 6.45) is -3.57. The summed E-state index contributed by atoms with van der Waals surface area (Å²) in [6, 6.07) is 0. The van der Waals surface area contributed by atoms with Gasteiger partial charge >= 0.3 is 6.18 Å². The van der Waals surface area contributed by atoms with E-state index in [-0.39, 0.29) is 25.0 Å². The second-order valence-electron chi connectivity index (χ2n) is 4.92. The van der Waals surface area contributed by atoms with Crippen molar-refractivity contribution >= 4 is 24.3 Å². The number of ether oxygens (including phenoxy) is 1.